The molecule has 5 heteroatoms. The lowest BCUT2D eigenvalue weighted by Gasteiger charge is -2.12. The van der Waals surface area contributed by atoms with Crippen molar-refractivity contribution in [3.63, 3.8) is 0 Å². The van der Waals surface area contributed by atoms with Crippen molar-refractivity contribution in [1.82, 2.24) is 9.97 Å². The first-order valence-electron chi connectivity index (χ1n) is 5.94. The van der Waals surface area contributed by atoms with Crippen LogP contribution in [-0.2, 0) is 0 Å². The molecule has 18 heavy (non-hydrogen) atoms. The van der Waals surface area contributed by atoms with Gasteiger partial charge < -0.3 is 5.32 Å². The molecule has 0 aromatic carbocycles. The van der Waals surface area contributed by atoms with Gasteiger partial charge in [0.2, 0.25) is 0 Å². The van der Waals surface area contributed by atoms with Gasteiger partial charge in [-0.2, -0.15) is 11.3 Å². The lowest BCUT2D eigenvalue weighted by Crippen LogP contribution is -2.07. The van der Waals surface area contributed by atoms with E-state index in [4.69, 9.17) is 0 Å². The Balaban J connectivity index is 2.48. The molecule has 0 saturated carbocycles. The molecule has 0 aliphatic heterocycles. The number of aromatic nitrogens is 2. The molecule has 1 N–H and O–H groups in total. The average Bonchev–Trinajstić information content (AvgIpc) is 2.76. The van der Waals surface area contributed by atoms with Crippen LogP contribution in [-0.4, -0.2) is 16.5 Å². The summed E-state index contributed by atoms with van der Waals surface area (Å²) in [5, 5.41) is 7.55. The molecule has 0 saturated heterocycles. The van der Waals surface area contributed by atoms with E-state index in [9.17, 15) is 0 Å². The van der Waals surface area contributed by atoms with E-state index in [1.54, 1.807) is 11.3 Å². The molecule has 0 spiro atoms. The SMILES string of the molecule is CCCNc1nc(C)nc(-c2cscc2Br)c1C. The van der Waals surface area contributed by atoms with Crippen molar-refractivity contribution in [2.24, 2.45) is 0 Å². The molecular weight excluding hydrogens is 310 g/mol. The molecule has 96 valence electrons. The van der Waals surface area contributed by atoms with Crippen LogP contribution in [0.3, 0.4) is 0 Å². The van der Waals surface area contributed by atoms with Gasteiger partial charge in [0.15, 0.2) is 0 Å². The Hall–Kier alpha value is -0.940. The number of hydrogen-bond donors (Lipinski definition) is 1. The molecule has 0 aliphatic carbocycles. The molecular formula is C13H16BrN3S. The predicted molar refractivity (Wildman–Crippen MR) is 81.3 cm³/mol. The highest BCUT2D eigenvalue weighted by molar-refractivity contribution is 9.10. The van der Waals surface area contributed by atoms with E-state index in [0.717, 1.165) is 45.9 Å². The van der Waals surface area contributed by atoms with Crippen LogP contribution in [0.1, 0.15) is 24.7 Å². The van der Waals surface area contributed by atoms with Crippen LogP contribution in [0.4, 0.5) is 5.82 Å². The second kappa shape index (κ2) is 5.80. The van der Waals surface area contributed by atoms with Gasteiger partial charge in [0.05, 0.1) is 5.69 Å². The number of halogens is 1. The number of anilines is 1. The third-order valence-electron chi connectivity index (χ3n) is 2.67. The van der Waals surface area contributed by atoms with Gasteiger partial charge in [-0.05, 0) is 36.2 Å². The minimum absolute atomic E-state index is 0.798. The fraction of sp³-hybridized carbons (Fsp3) is 0.385. The maximum absolute atomic E-state index is 4.57. The third kappa shape index (κ3) is 2.72. The summed E-state index contributed by atoms with van der Waals surface area (Å²) in [6.45, 7) is 7.07. The Morgan fingerprint density at radius 2 is 2.06 bits per heavy atom. The Kier molecular flexibility index (Phi) is 4.35. The molecule has 2 rings (SSSR count). The first kappa shape index (κ1) is 13.5. The number of rotatable bonds is 4. The van der Waals surface area contributed by atoms with Crippen molar-refractivity contribution in [1.29, 1.82) is 0 Å². The van der Waals surface area contributed by atoms with E-state index in [1.165, 1.54) is 0 Å². The van der Waals surface area contributed by atoms with Gasteiger partial charge >= 0.3 is 0 Å². The topological polar surface area (TPSA) is 37.8 Å². The summed E-state index contributed by atoms with van der Waals surface area (Å²) in [4.78, 5) is 9.05. The van der Waals surface area contributed by atoms with Gasteiger partial charge in [-0.3, -0.25) is 0 Å². The number of aryl methyl sites for hydroxylation is 1. The first-order valence-corrected chi connectivity index (χ1v) is 7.68. The molecule has 0 unspecified atom stereocenters. The summed E-state index contributed by atoms with van der Waals surface area (Å²) in [5.41, 5.74) is 3.25. The summed E-state index contributed by atoms with van der Waals surface area (Å²) in [7, 11) is 0. The van der Waals surface area contributed by atoms with E-state index >= 15 is 0 Å². The quantitative estimate of drug-likeness (QED) is 0.904. The summed E-state index contributed by atoms with van der Waals surface area (Å²) in [6, 6.07) is 0. The molecule has 0 aliphatic rings. The predicted octanol–water partition coefficient (Wildman–Crippen LogP) is 4.41. The van der Waals surface area contributed by atoms with Crippen LogP contribution < -0.4 is 5.32 Å². The zero-order valence-electron chi connectivity index (χ0n) is 10.7. The maximum atomic E-state index is 4.57. The van der Waals surface area contributed by atoms with E-state index in [-0.39, 0.29) is 0 Å². The normalized spacial score (nSPS) is 10.7. The van der Waals surface area contributed by atoms with Gasteiger partial charge in [-0.25, -0.2) is 9.97 Å². The van der Waals surface area contributed by atoms with E-state index in [1.807, 2.05) is 6.92 Å². The van der Waals surface area contributed by atoms with E-state index in [2.05, 4.69) is 55.8 Å². The number of hydrogen-bond acceptors (Lipinski definition) is 4. The highest BCUT2D eigenvalue weighted by Crippen LogP contribution is 2.34. The molecule has 2 aromatic rings. The highest BCUT2D eigenvalue weighted by atomic mass is 79.9. The smallest absolute Gasteiger partial charge is 0.133 e. The van der Waals surface area contributed by atoms with Gasteiger partial charge in [0.1, 0.15) is 11.6 Å². The molecule has 2 heterocycles. The number of nitrogens with zero attached hydrogens (tertiary/aromatic N) is 2. The highest BCUT2D eigenvalue weighted by Gasteiger charge is 2.13. The standard InChI is InChI=1S/C13H16BrN3S/c1-4-5-15-13-8(2)12(16-9(3)17-13)10-6-18-7-11(10)14/h6-7H,4-5H2,1-3H3,(H,15,16,17). The Morgan fingerprint density at radius 1 is 1.28 bits per heavy atom. The molecule has 0 atom stereocenters. The van der Waals surface area contributed by atoms with Gasteiger partial charge in [-0.15, -0.1) is 0 Å². The molecule has 0 amide bonds. The lowest BCUT2D eigenvalue weighted by molar-refractivity contribution is 0.948. The Bertz CT molecular complexity index is 551. The summed E-state index contributed by atoms with van der Waals surface area (Å²) < 4.78 is 1.09. The third-order valence-corrected chi connectivity index (χ3v) is 4.37. The zero-order valence-corrected chi connectivity index (χ0v) is 13.2. The maximum Gasteiger partial charge on any atom is 0.133 e. The fourth-order valence-corrected chi connectivity index (χ4v) is 3.22. The molecule has 0 fully saturated rings. The van der Waals surface area contributed by atoms with Crippen LogP contribution in [0, 0.1) is 13.8 Å². The summed E-state index contributed by atoms with van der Waals surface area (Å²) in [5.74, 6) is 1.74. The van der Waals surface area contributed by atoms with Crippen molar-refractivity contribution in [3.05, 3.63) is 26.6 Å². The van der Waals surface area contributed by atoms with Crippen LogP contribution >= 0.6 is 27.3 Å². The summed E-state index contributed by atoms with van der Waals surface area (Å²) >= 11 is 5.24. The van der Waals surface area contributed by atoms with Crippen LogP contribution in [0.5, 0.6) is 0 Å². The fourth-order valence-electron chi connectivity index (χ4n) is 1.76. The van der Waals surface area contributed by atoms with Gasteiger partial charge in [0, 0.05) is 32.9 Å². The zero-order chi connectivity index (χ0) is 13.1. The molecule has 3 nitrogen and oxygen atoms in total. The molecule has 0 bridgehead atoms. The van der Waals surface area contributed by atoms with Crippen molar-refractivity contribution in [3.8, 4) is 11.3 Å². The van der Waals surface area contributed by atoms with E-state index < -0.39 is 0 Å². The lowest BCUT2D eigenvalue weighted by atomic mass is 10.1. The monoisotopic (exact) mass is 325 g/mol. The van der Waals surface area contributed by atoms with Crippen LogP contribution in [0.2, 0.25) is 0 Å². The van der Waals surface area contributed by atoms with Gasteiger partial charge in [-0.1, -0.05) is 6.92 Å². The second-order valence-corrected chi connectivity index (χ2v) is 5.75. The second-order valence-electron chi connectivity index (χ2n) is 4.15. The van der Waals surface area contributed by atoms with Crippen LogP contribution in [0.15, 0.2) is 15.2 Å². The number of nitrogens with one attached hydrogen (secondary N) is 1. The Morgan fingerprint density at radius 3 is 2.67 bits per heavy atom. The Labute approximate surface area is 120 Å². The van der Waals surface area contributed by atoms with Crippen molar-refractivity contribution < 1.29 is 0 Å². The van der Waals surface area contributed by atoms with Crippen molar-refractivity contribution in [2.45, 2.75) is 27.2 Å². The minimum atomic E-state index is 0.798. The molecule has 2 aromatic heterocycles. The van der Waals surface area contributed by atoms with Gasteiger partial charge in [0.25, 0.3) is 0 Å². The first-order chi connectivity index (χ1) is 8.63. The van der Waals surface area contributed by atoms with Crippen molar-refractivity contribution in [2.75, 3.05) is 11.9 Å². The molecule has 0 radical (unpaired) electrons. The number of thiophene rings is 1. The van der Waals surface area contributed by atoms with Crippen LogP contribution in [0.25, 0.3) is 11.3 Å². The average molecular weight is 326 g/mol. The van der Waals surface area contributed by atoms with E-state index in [0.29, 0.717) is 0 Å². The minimum Gasteiger partial charge on any atom is -0.370 e. The van der Waals surface area contributed by atoms with Crippen molar-refractivity contribution >= 4 is 33.1 Å². The summed E-state index contributed by atoms with van der Waals surface area (Å²) in [6.07, 6.45) is 1.08. The largest absolute Gasteiger partial charge is 0.370 e.